The van der Waals surface area contributed by atoms with E-state index in [0.29, 0.717) is 39.8 Å². The molecule has 148 valence electrons. The Kier molecular flexibility index (Phi) is 6.64. The van der Waals surface area contributed by atoms with Gasteiger partial charge in [-0.05, 0) is 50.0 Å². The highest BCUT2D eigenvalue weighted by Crippen LogP contribution is 2.29. The maximum Gasteiger partial charge on any atom is 0.154 e. The minimum atomic E-state index is -0.382. The van der Waals surface area contributed by atoms with E-state index in [1.165, 1.54) is 26.0 Å². The topological polar surface area (TPSA) is 72.0 Å². The van der Waals surface area contributed by atoms with Crippen LogP contribution in [-0.4, -0.2) is 41.7 Å². The first kappa shape index (κ1) is 20.3. The van der Waals surface area contributed by atoms with Gasteiger partial charge in [0.15, 0.2) is 5.82 Å². The minimum absolute atomic E-state index is 0. The van der Waals surface area contributed by atoms with Crippen molar-refractivity contribution in [3.63, 3.8) is 0 Å². The normalized spacial score (nSPS) is 16.4. The summed E-state index contributed by atoms with van der Waals surface area (Å²) in [7, 11) is 1.51. The van der Waals surface area contributed by atoms with Gasteiger partial charge in [0.2, 0.25) is 0 Å². The molecular formula is C20H24FN5OS. The lowest BCUT2D eigenvalue weighted by Gasteiger charge is -2.23. The van der Waals surface area contributed by atoms with E-state index >= 15 is 0 Å². The molecule has 0 spiro atoms. The van der Waals surface area contributed by atoms with Crippen LogP contribution in [0.2, 0.25) is 0 Å². The Morgan fingerprint density at radius 2 is 2.11 bits per heavy atom. The number of rotatable bonds is 5. The molecule has 2 N–H and O–H groups in total. The van der Waals surface area contributed by atoms with Crippen LogP contribution >= 0.6 is 13.5 Å². The van der Waals surface area contributed by atoms with E-state index in [1.54, 1.807) is 30.6 Å². The van der Waals surface area contributed by atoms with Crippen LogP contribution in [0.3, 0.4) is 0 Å². The van der Waals surface area contributed by atoms with Crippen molar-refractivity contribution in [1.29, 1.82) is 0 Å². The number of benzene rings is 1. The third-order valence-corrected chi connectivity index (χ3v) is 4.87. The van der Waals surface area contributed by atoms with Crippen molar-refractivity contribution in [2.24, 2.45) is 5.92 Å². The first-order chi connectivity index (χ1) is 13.2. The van der Waals surface area contributed by atoms with Crippen LogP contribution in [0.4, 0.5) is 10.2 Å². The molecule has 3 aromatic rings. The SMILES string of the molecule is COc1ccc(-c2cc3nccnc3c(NC[C@H]3CCCNC3)n2)c(F)c1.S. The average molecular weight is 402 g/mol. The van der Waals surface area contributed by atoms with Gasteiger partial charge in [-0.15, -0.1) is 0 Å². The van der Waals surface area contributed by atoms with Crippen molar-refractivity contribution in [1.82, 2.24) is 20.3 Å². The Morgan fingerprint density at radius 1 is 1.25 bits per heavy atom. The van der Waals surface area contributed by atoms with Crippen LogP contribution in [0, 0.1) is 11.7 Å². The molecule has 0 radical (unpaired) electrons. The molecule has 1 aromatic carbocycles. The second-order valence-electron chi connectivity index (χ2n) is 6.72. The summed E-state index contributed by atoms with van der Waals surface area (Å²) < 4.78 is 19.6. The second kappa shape index (κ2) is 9.16. The number of anilines is 1. The van der Waals surface area contributed by atoms with Crippen LogP contribution in [0.1, 0.15) is 12.8 Å². The fraction of sp³-hybridized carbons (Fsp3) is 0.350. The largest absolute Gasteiger partial charge is 0.497 e. The fourth-order valence-corrected chi connectivity index (χ4v) is 3.40. The monoisotopic (exact) mass is 401 g/mol. The molecule has 1 aliphatic rings. The van der Waals surface area contributed by atoms with Gasteiger partial charge in [-0.2, -0.15) is 13.5 Å². The zero-order chi connectivity index (χ0) is 18.6. The number of nitrogens with one attached hydrogen (secondary N) is 2. The third kappa shape index (κ3) is 4.34. The summed E-state index contributed by atoms with van der Waals surface area (Å²) in [5.41, 5.74) is 2.30. The molecule has 4 rings (SSSR count). The van der Waals surface area contributed by atoms with Crippen LogP contribution in [0.5, 0.6) is 5.75 Å². The molecule has 6 nitrogen and oxygen atoms in total. The predicted octanol–water partition coefficient (Wildman–Crippen LogP) is 3.36. The lowest BCUT2D eigenvalue weighted by molar-refractivity contribution is 0.392. The summed E-state index contributed by atoms with van der Waals surface area (Å²) in [4.78, 5) is 13.5. The Balaban J connectivity index is 0.00000225. The van der Waals surface area contributed by atoms with Crippen molar-refractivity contribution in [2.75, 3.05) is 32.1 Å². The summed E-state index contributed by atoms with van der Waals surface area (Å²) in [5.74, 6) is 1.26. The molecule has 0 aliphatic carbocycles. The molecule has 1 aliphatic heterocycles. The maximum atomic E-state index is 14.5. The van der Waals surface area contributed by atoms with E-state index in [-0.39, 0.29) is 19.3 Å². The predicted molar refractivity (Wildman–Crippen MR) is 114 cm³/mol. The first-order valence-corrected chi connectivity index (χ1v) is 9.15. The van der Waals surface area contributed by atoms with Gasteiger partial charge in [-0.25, -0.2) is 14.4 Å². The highest BCUT2D eigenvalue weighted by atomic mass is 32.1. The van der Waals surface area contributed by atoms with Crippen molar-refractivity contribution in [2.45, 2.75) is 12.8 Å². The highest BCUT2D eigenvalue weighted by molar-refractivity contribution is 7.59. The fourth-order valence-electron chi connectivity index (χ4n) is 3.40. The maximum absolute atomic E-state index is 14.5. The Hall–Kier alpha value is -2.45. The van der Waals surface area contributed by atoms with Gasteiger partial charge < -0.3 is 15.4 Å². The zero-order valence-corrected chi connectivity index (χ0v) is 16.7. The molecule has 8 heteroatoms. The summed E-state index contributed by atoms with van der Waals surface area (Å²) in [6, 6.07) is 6.52. The summed E-state index contributed by atoms with van der Waals surface area (Å²) in [6.07, 6.45) is 5.63. The Labute approximate surface area is 170 Å². The molecule has 1 atom stereocenters. The van der Waals surface area contributed by atoms with Gasteiger partial charge in [0, 0.05) is 30.6 Å². The number of halogens is 1. The smallest absolute Gasteiger partial charge is 0.154 e. The van der Waals surface area contributed by atoms with Gasteiger partial charge in [0.25, 0.3) is 0 Å². The molecule has 0 bridgehead atoms. The minimum Gasteiger partial charge on any atom is -0.497 e. The molecular weight excluding hydrogens is 377 g/mol. The Morgan fingerprint density at radius 3 is 2.86 bits per heavy atom. The van der Waals surface area contributed by atoms with Crippen molar-refractivity contribution < 1.29 is 9.13 Å². The molecule has 1 saturated heterocycles. The van der Waals surface area contributed by atoms with E-state index in [1.807, 2.05) is 0 Å². The van der Waals surface area contributed by atoms with E-state index in [9.17, 15) is 4.39 Å². The second-order valence-corrected chi connectivity index (χ2v) is 6.72. The molecule has 1 fully saturated rings. The highest BCUT2D eigenvalue weighted by Gasteiger charge is 2.16. The molecule has 2 aromatic heterocycles. The van der Waals surface area contributed by atoms with E-state index < -0.39 is 0 Å². The van der Waals surface area contributed by atoms with Crippen LogP contribution in [0.25, 0.3) is 22.3 Å². The summed E-state index contributed by atoms with van der Waals surface area (Å²) in [5, 5.41) is 6.82. The zero-order valence-electron chi connectivity index (χ0n) is 15.7. The summed E-state index contributed by atoms with van der Waals surface area (Å²) in [6.45, 7) is 2.86. The van der Waals surface area contributed by atoms with E-state index in [0.717, 1.165) is 19.6 Å². The molecule has 0 saturated carbocycles. The molecule has 0 amide bonds. The lowest BCUT2D eigenvalue weighted by Crippen LogP contribution is -2.33. The average Bonchev–Trinajstić information content (AvgIpc) is 2.72. The van der Waals surface area contributed by atoms with Crippen molar-refractivity contribution in [3.05, 3.63) is 42.5 Å². The van der Waals surface area contributed by atoms with Gasteiger partial charge in [-0.3, -0.25) is 4.98 Å². The number of hydrogen-bond acceptors (Lipinski definition) is 6. The number of fused-ring (bicyclic) bond motifs is 1. The number of piperidine rings is 1. The number of methoxy groups -OCH3 is 1. The first-order valence-electron chi connectivity index (χ1n) is 9.15. The van der Waals surface area contributed by atoms with Crippen LogP contribution in [-0.2, 0) is 0 Å². The van der Waals surface area contributed by atoms with E-state index in [4.69, 9.17) is 4.74 Å². The van der Waals surface area contributed by atoms with Crippen molar-refractivity contribution >= 4 is 30.3 Å². The van der Waals surface area contributed by atoms with Crippen LogP contribution in [0.15, 0.2) is 36.7 Å². The third-order valence-electron chi connectivity index (χ3n) is 4.87. The van der Waals surface area contributed by atoms with E-state index in [2.05, 4.69) is 25.6 Å². The van der Waals surface area contributed by atoms with Gasteiger partial charge >= 0.3 is 0 Å². The summed E-state index contributed by atoms with van der Waals surface area (Å²) >= 11 is 0. The Bertz CT molecular complexity index is 949. The number of pyridine rings is 1. The number of nitrogens with zero attached hydrogens (tertiary/aromatic N) is 3. The quantitative estimate of drug-likeness (QED) is 0.683. The number of aromatic nitrogens is 3. The standard InChI is InChI=1S/C20H22FN5O.H2S/c1-27-14-4-5-15(16(21)9-14)17-10-18-19(24-8-7-23-18)20(26-17)25-12-13-3-2-6-22-11-13;/h4-5,7-10,13,22H,2-3,6,11-12H2,1H3,(H,25,26);1H2/t13-;/m0./s1. The lowest BCUT2D eigenvalue weighted by atomic mass is 10.00. The van der Waals surface area contributed by atoms with Gasteiger partial charge in [-0.1, -0.05) is 0 Å². The molecule has 28 heavy (non-hydrogen) atoms. The van der Waals surface area contributed by atoms with Gasteiger partial charge in [0.05, 0.1) is 18.3 Å². The number of ether oxygens (including phenoxy) is 1. The van der Waals surface area contributed by atoms with Crippen LogP contribution < -0.4 is 15.4 Å². The molecule has 3 heterocycles. The van der Waals surface area contributed by atoms with Crippen molar-refractivity contribution in [3.8, 4) is 17.0 Å². The molecule has 0 unspecified atom stereocenters. The van der Waals surface area contributed by atoms with Gasteiger partial charge in [0.1, 0.15) is 17.1 Å². The number of hydrogen-bond donors (Lipinski definition) is 2.